The highest BCUT2D eigenvalue weighted by molar-refractivity contribution is 5.98. The third-order valence-corrected chi connectivity index (χ3v) is 2.74. The summed E-state index contributed by atoms with van der Waals surface area (Å²) < 4.78 is 13.2. The molecule has 0 aromatic heterocycles. The van der Waals surface area contributed by atoms with Crippen molar-refractivity contribution in [3.05, 3.63) is 33.6 Å². The Morgan fingerprint density at radius 2 is 2.16 bits per heavy atom. The second-order valence-electron chi connectivity index (χ2n) is 4.23. The van der Waals surface area contributed by atoms with Crippen LogP contribution < -0.4 is 5.73 Å². The predicted molar refractivity (Wildman–Crippen MR) is 69.3 cm³/mol. The molecule has 0 unspecified atom stereocenters. The minimum Gasteiger partial charge on any atom is -0.396 e. The Hall–Kier alpha value is -2.18. The van der Waals surface area contributed by atoms with E-state index in [1.165, 1.54) is 4.90 Å². The normalized spacial score (nSPS) is 10.3. The number of hydrogen-bond donors (Lipinski definition) is 1. The first-order chi connectivity index (χ1) is 8.88. The maximum Gasteiger partial charge on any atom is 0.285 e. The van der Waals surface area contributed by atoms with Gasteiger partial charge in [-0.1, -0.05) is 13.3 Å². The minimum absolute atomic E-state index is 0.192. The topological polar surface area (TPSA) is 89.5 Å². The average molecular weight is 269 g/mol. The predicted octanol–water partition coefficient (Wildman–Crippen LogP) is 2.19. The summed E-state index contributed by atoms with van der Waals surface area (Å²) >= 11 is 0. The highest BCUT2D eigenvalue weighted by Crippen LogP contribution is 2.25. The Morgan fingerprint density at radius 3 is 2.68 bits per heavy atom. The number of nitrogens with two attached hydrogens (primary N) is 1. The number of carbonyl (C=O) groups excluding carboxylic acids is 1. The molecule has 1 rings (SSSR count). The second kappa shape index (κ2) is 6.12. The quantitative estimate of drug-likeness (QED) is 0.504. The van der Waals surface area contributed by atoms with E-state index >= 15 is 0 Å². The largest absolute Gasteiger partial charge is 0.396 e. The lowest BCUT2D eigenvalue weighted by molar-refractivity contribution is -0.385. The van der Waals surface area contributed by atoms with E-state index in [0.717, 1.165) is 18.9 Å². The van der Waals surface area contributed by atoms with Gasteiger partial charge in [-0.3, -0.25) is 14.9 Å². The first kappa shape index (κ1) is 14.9. The van der Waals surface area contributed by atoms with Crippen molar-refractivity contribution in [3.8, 4) is 0 Å². The van der Waals surface area contributed by atoms with E-state index in [1.807, 2.05) is 6.92 Å². The summed E-state index contributed by atoms with van der Waals surface area (Å²) in [7, 11) is 1.54. The van der Waals surface area contributed by atoms with E-state index < -0.39 is 22.3 Å². The number of rotatable bonds is 5. The monoisotopic (exact) mass is 269 g/mol. The van der Waals surface area contributed by atoms with Crippen LogP contribution in [-0.2, 0) is 0 Å². The molecule has 1 aromatic rings. The van der Waals surface area contributed by atoms with Gasteiger partial charge in [-0.2, -0.15) is 0 Å². The molecule has 104 valence electrons. The van der Waals surface area contributed by atoms with Crippen LogP contribution in [0.3, 0.4) is 0 Å². The minimum atomic E-state index is -0.903. The number of nitrogens with zero attached hydrogens (tertiary/aromatic N) is 2. The molecule has 0 aliphatic carbocycles. The Balaban J connectivity index is 3.14. The van der Waals surface area contributed by atoms with E-state index in [4.69, 9.17) is 5.73 Å². The highest BCUT2D eigenvalue weighted by atomic mass is 19.1. The zero-order valence-electron chi connectivity index (χ0n) is 10.9. The van der Waals surface area contributed by atoms with E-state index in [9.17, 15) is 19.3 Å². The van der Waals surface area contributed by atoms with Gasteiger partial charge in [-0.25, -0.2) is 4.39 Å². The molecule has 0 atom stereocenters. The number of nitrogen functional groups attached to an aromatic ring is 1. The molecule has 6 nitrogen and oxygen atoms in total. The fourth-order valence-electron chi connectivity index (χ4n) is 1.60. The lowest BCUT2D eigenvalue weighted by atomic mass is 10.1. The summed E-state index contributed by atoms with van der Waals surface area (Å²) in [5.74, 6) is -1.44. The van der Waals surface area contributed by atoms with Gasteiger partial charge in [0.25, 0.3) is 11.6 Å². The number of anilines is 1. The van der Waals surface area contributed by atoms with Crippen LogP contribution in [0.4, 0.5) is 15.8 Å². The standard InChI is InChI=1S/C12H16FN3O3/c1-3-4-5-15(2)12(17)8-6-10(14)9(13)7-11(8)16(18)19/h6-7H,3-5,14H2,1-2H3. The van der Waals surface area contributed by atoms with Crippen LogP contribution in [0.2, 0.25) is 0 Å². The number of benzene rings is 1. The van der Waals surface area contributed by atoms with Crippen LogP contribution >= 0.6 is 0 Å². The number of halogens is 1. The summed E-state index contributed by atoms with van der Waals surface area (Å²) in [6.45, 7) is 2.44. The van der Waals surface area contributed by atoms with Gasteiger partial charge in [0.2, 0.25) is 0 Å². The number of carbonyl (C=O) groups is 1. The van der Waals surface area contributed by atoms with E-state index in [0.29, 0.717) is 12.6 Å². The van der Waals surface area contributed by atoms with Crippen molar-refractivity contribution in [2.75, 3.05) is 19.3 Å². The molecule has 0 saturated heterocycles. The number of unbranched alkanes of at least 4 members (excludes halogenated alkanes) is 1. The van der Waals surface area contributed by atoms with Crippen LogP contribution in [0.25, 0.3) is 0 Å². The maximum atomic E-state index is 13.2. The molecule has 1 aromatic carbocycles. The molecule has 0 aliphatic heterocycles. The van der Waals surface area contributed by atoms with E-state index in [2.05, 4.69) is 0 Å². The summed E-state index contributed by atoms with van der Waals surface area (Å²) in [4.78, 5) is 23.5. The van der Waals surface area contributed by atoms with Crippen molar-refractivity contribution in [2.24, 2.45) is 0 Å². The van der Waals surface area contributed by atoms with Gasteiger partial charge in [0, 0.05) is 13.6 Å². The third-order valence-electron chi connectivity index (χ3n) is 2.74. The fraction of sp³-hybridized carbons (Fsp3) is 0.417. The van der Waals surface area contributed by atoms with Crippen LogP contribution in [0.5, 0.6) is 0 Å². The molecule has 0 spiro atoms. The number of nitro benzene ring substituents is 1. The molecule has 19 heavy (non-hydrogen) atoms. The first-order valence-corrected chi connectivity index (χ1v) is 5.87. The summed E-state index contributed by atoms with van der Waals surface area (Å²) in [5.41, 5.74) is 4.32. The zero-order chi connectivity index (χ0) is 14.6. The van der Waals surface area contributed by atoms with E-state index in [-0.39, 0.29) is 11.3 Å². The lowest BCUT2D eigenvalue weighted by Gasteiger charge is -2.17. The highest BCUT2D eigenvalue weighted by Gasteiger charge is 2.25. The molecule has 2 N–H and O–H groups in total. The molecule has 0 radical (unpaired) electrons. The van der Waals surface area contributed by atoms with Crippen molar-refractivity contribution in [1.82, 2.24) is 4.90 Å². The van der Waals surface area contributed by atoms with Gasteiger partial charge >= 0.3 is 0 Å². The van der Waals surface area contributed by atoms with Crippen molar-refractivity contribution >= 4 is 17.3 Å². The maximum absolute atomic E-state index is 13.2. The van der Waals surface area contributed by atoms with E-state index in [1.54, 1.807) is 7.05 Å². The molecular formula is C12H16FN3O3. The summed E-state index contributed by atoms with van der Waals surface area (Å²) in [6.07, 6.45) is 1.68. The average Bonchev–Trinajstić information content (AvgIpc) is 2.37. The van der Waals surface area contributed by atoms with Crippen molar-refractivity contribution < 1.29 is 14.1 Å². The molecule has 1 amide bonds. The van der Waals surface area contributed by atoms with Crippen molar-refractivity contribution in [2.45, 2.75) is 19.8 Å². The smallest absolute Gasteiger partial charge is 0.285 e. The Bertz CT molecular complexity index is 505. The van der Waals surface area contributed by atoms with Crippen molar-refractivity contribution in [3.63, 3.8) is 0 Å². The molecule has 0 bridgehead atoms. The van der Waals surface area contributed by atoms with Crippen LogP contribution in [0.15, 0.2) is 12.1 Å². The van der Waals surface area contributed by atoms with Crippen LogP contribution in [0.1, 0.15) is 30.1 Å². The fourth-order valence-corrected chi connectivity index (χ4v) is 1.60. The molecular weight excluding hydrogens is 253 g/mol. The Morgan fingerprint density at radius 1 is 1.53 bits per heavy atom. The second-order valence-corrected chi connectivity index (χ2v) is 4.23. The van der Waals surface area contributed by atoms with Crippen LogP contribution in [-0.4, -0.2) is 29.3 Å². The number of nitro groups is 1. The zero-order valence-corrected chi connectivity index (χ0v) is 10.9. The van der Waals surface area contributed by atoms with Gasteiger partial charge in [0.1, 0.15) is 5.56 Å². The molecule has 0 saturated carbocycles. The molecule has 0 fully saturated rings. The van der Waals surface area contributed by atoms with Gasteiger partial charge in [0.15, 0.2) is 5.82 Å². The Kier molecular flexibility index (Phi) is 4.80. The van der Waals surface area contributed by atoms with Gasteiger partial charge in [0.05, 0.1) is 16.7 Å². The SMILES string of the molecule is CCCCN(C)C(=O)c1cc(N)c(F)cc1[N+](=O)[O-]. The van der Waals surface area contributed by atoms with Gasteiger partial charge in [-0.05, 0) is 12.5 Å². The third kappa shape index (κ3) is 3.40. The lowest BCUT2D eigenvalue weighted by Crippen LogP contribution is -2.28. The number of amides is 1. The molecule has 7 heteroatoms. The van der Waals surface area contributed by atoms with Gasteiger partial charge in [-0.15, -0.1) is 0 Å². The number of hydrogen-bond acceptors (Lipinski definition) is 4. The summed E-state index contributed by atoms with van der Waals surface area (Å²) in [6, 6.07) is 1.69. The van der Waals surface area contributed by atoms with Crippen molar-refractivity contribution in [1.29, 1.82) is 0 Å². The van der Waals surface area contributed by atoms with Gasteiger partial charge < -0.3 is 10.6 Å². The van der Waals surface area contributed by atoms with Crippen LogP contribution in [0, 0.1) is 15.9 Å². The Labute approximate surface area is 110 Å². The first-order valence-electron chi connectivity index (χ1n) is 5.87. The summed E-state index contributed by atoms with van der Waals surface area (Å²) in [5, 5.41) is 10.9. The molecule has 0 aliphatic rings. The molecule has 0 heterocycles.